The maximum absolute atomic E-state index is 13.9. The molecule has 13 unspecified atom stereocenters. The molecule has 6 aromatic carbocycles. The van der Waals surface area contributed by atoms with Crippen molar-refractivity contribution >= 4 is 76.8 Å². The monoisotopic (exact) mass is 2030 g/mol. The van der Waals surface area contributed by atoms with Crippen LogP contribution in [-0.2, 0) is 121 Å². The number of aliphatic hydroxyl groups is 3. The van der Waals surface area contributed by atoms with Gasteiger partial charge in [-0.25, -0.2) is 33.9 Å². The van der Waals surface area contributed by atoms with Crippen LogP contribution in [0.3, 0.4) is 0 Å². The lowest BCUT2D eigenvalue weighted by Crippen LogP contribution is -2.56. The highest BCUT2D eigenvalue weighted by Crippen LogP contribution is 2.25. The van der Waals surface area contributed by atoms with Gasteiger partial charge in [-0.15, -0.1) is 22.7 Å². The Morgan fingerprint density at radius 3 is 0.966 bits per heavy atom. The van der Waals surface area contributed by atoms with Gasteiger partial charge in [0.2, 0.25) is 23.6 Å². The highest BCUT2D eigenvalue weighted by molar-refractivity contribution is 7.09. The predicted octanol–water partition coefficient (Wildman–Crippen LogP) is 15.5. The summed E-state index contributed by atoms with van der Waals surface area (Å²) >= 11 is 2.97. The number of ether oxygens (including phenoxy) is 5. The number of nitrogens with zero attached hydrogens (tertiary/aromatic N) is 6. The summed E-state index contributed by atoms with van der Waals surface area (Å²) in [6.45, 7) is 17.1. The molecule has 12 N–H and O–H groups in total. The molecule has 0 aliphatic carbocycles. The number of carbonyl (C=O) groups excluding carboxylic acids is 9. The van der Waals surface area contributed by atoms with Gasteiger partial charge >= 0.3 is 30.5 Å². The van der Waals surface area contributed by atoms with Gasteiger partial charge < -0.3 is 86.9 Å². The van der Waals surface area contributed by atoms with Gasteiger partial charge in [0.25, 0.3) is 0 Å². The minimum absolute atomic E-state index is 0.0121. The molecule has 0 aliphatic heterocycles. The zero-order valence-electron chi connectivity index (χ0n) is 83.8. The van der Waals surface area contributed by atoms with Crippen LogP contribution in [0, 0.1) is 23.7 Å². The molecule has 13 atom stereocenters. The van der Waals surface area contributed by atoms with E-state index in [0.717, 1.165) is 55.2 Å². The molecule has 772 valence electrons. The smallest absolute Gasteiger partial charge is 0.408 e. The number of nitrogens with one attached hydrogen (secondary N) is 9. The summed E-state index contributed by atoms with van der Waals surface area (Å²) in [6.07, 6.45) is 7.77. The molecular weight excluding hydrogens is 1890 g/mol. The van der Waals surface area contributed by atoms with E-state index in [4.69, 9.17) is 23.7 Å². The van der Waals surface area contributed by atoms with E-state index in [1.54, 1.807) is 109 Å². The Labute approximate surface area is 861 Å². The van der Waals surface area contributed by atoms with Crippen LogP contribution in [0.5, 0.6) is 0 Å². The van der Waals surface area contributed by atoms with Gasteiger partial charge in [0.1, 0.15) is 56.2 Å². The molecule has 9 amide bonds. The molecule has 0 saturated heterocycles. The summed E-state index contributed by atoms with van der Waals surface area (Å²) in [5.74, 6) is -2.26. The lowest BCUT2D eigenvalue weighted by molar-refractivity contribution is -0.132. The molecule has 6 heterocycles. The molecule has 12 rings (SSSR count). The van der Waals surface area contributed by atoms with Crippen molar-refractivity contribution in [3.63, 3.8) is 0 Å². The van der Waals surface area contributed by atoms with Crippen LogP contribution >= 0.6 is 22.7 Å². The third-order valence-corrected chi connectivity index (χ3v) is 25.6. The molecular formula is C112H135N15O17S2. The molecule has 0 spiro atoms. The van der Waals surface area contributed by atoms with Crippen molar-refractivity contribution < 1.29 is 82.2 Å². The first-order valence-electron chi connectivity index (χ1n) is 49.1. The first kappa shape index (κ1) is 113. The van der Waals surface area contributed by atoms with Gasteiger partial charge in [0.15, 0.2) is 0 Å². The van der Waals surface area contributed by atoms with Gasteiger partial charge in [-0.2, -0.15) is 0 Å². The van der Waals surface area contributed by atoms with Crippen molar-refractivity contribution in [3.8, 4) is 0 Å². The standard InChI is InChI=1S/C40H51N5O5S.C37H43N5O6.C35H41N5O6S/c1-26(2)36(45-37(47)28(5)19-33-25-51-39(43-33)27(3)4)38(48)42-32(20-29-13-8-6-9-14-29)22-35(46)34(21-30-15-10-7-11-16-30)44-40(49)50-24-31-17-12-18-41-23-31;1-26(2)34(42-37(46)48-25-30-17-9-10-19-39-30)35(44)41-32(21-28-14-7-4-8-15-28)33(43)22-31(20-27-12-5-3-6-13-27)40-36(45)47-24-29-16-11-18-38-23-29;1-24(2)32(40-35(44)45-22-27-15-9-10-16-36-27)33(42)38-28(19-25-11-5-3-6-12-25)21-30(41)29(20-26-13-7-4-8-14-26)39-34(43)46-23-31-37-17-18-47-31/h6-18,23,25-28,32,34-36,46H,19-22,24H2,1-5H3,(H,42,48)(H,44,49)(H,45,47);3-19,23,26,31-34,43H,20-22,24-25H2,1-2H3,(H,40,45)(H,41,44)(H,42,46);3-18,24,28-30,32,41H,19-23H2,1-2H3,(H,38,42)(H,39,43)(H,40,44). The molecule has 0 fully saturated rings. The summed E-state index contributed by atoms with van der Waals surface area (Å²) in [7, 11) is 0. The first-order chi connectivity index (χ1) is 70.5. The van der Waals surface area contributed by atoms with Crippen LogP contribution in [0.15, 0.2) is 297 Å². The van der Waals surface area contributed by atoms with Gasteiger partial charge in [-0.3, -0.25) is 39.1 Å². The number of pyridine rings is 4. The molecule has 32 nitrogen and oxygen atoms in total. The van der Waals surface area contributed by atoms with Gasteiger partial charge in [0.05, 0.1) is 58.5 Å². The van der Waals surface area contributed by atoms with E-state index in [1.165, 1.54) is 11.3 Å². The Hall–Kier alpha value is -14.7. The van der Waals surface area contributed by atoms with Crippen molar-refractivity contribution in [1.82, 2.24) is 77.8 Å². The molecule has 34 heteroatoms. The van der Waals surface area contributed by atoms with Gasteiger partial charge in [-0.05, 0) is 145 Å². The Morgan fingerprint density at radius 2 is 0.623 bits per heavy atom. The molecule has 0 saturated carbocycles. The number of hydrogen-bond acceptors (Lipinski definition) is 25. The molecule has 6 aromatic heterocycles. The minimum Gasteiger partial charge on any atom is -0.445 e. The number of amides is 9. The molecule has 0 bridgehead atoms. The van der Waals surface area contributed by atoms with Crippen molar-refractivity contribution in [2.24, 2.45) is 23.7 Å². The third-order valence-electron chi connectivity index (χ3n) is 23.7. The Bertz CT molecular complexity index is 5840. The normalized spacial score (nSPS) is 13.8. The average molecular weight is 2030 g/mol. The second kappa shape index (κ2) is 61.4. The Morgan fingerprint density at radius 1 is 0.295 bits per heavy atom. The topological polar surface area (TPSA) is 446 Å². The number of carbonyl (C=O) groups is 9. The van der Waals surface area contributed by atoms with E-state index in [-0.39, 0.29) is 87.8 Å². The van der Waals surface area contributed by atoms with E-state index < -0.39 is 115 Å². The largest absolute Gasteiger partial charge is 0.445 e. The number of aliphatic hydroxyl groups excluding tert-OH is 3. The van der Waals surface area contributed by atoms with Crippen LogP contribution in [0.2, 0.25) is 0 Å². The minimum atomic E-state index is -1.08. The van der Waals surface area contributed by atoms with Crippen molar-refractivity contribution in [2.75, 3.05) is 0 Å². The van der Waals surface area contributed by atoms with Gasteiger partial charge in [0, 0.05) is 102 Å². The molecule has 0 radical (unpaired) electrons. The van der Waals surface area contributed by atoms with Crippen LogP contribution in [-0.4, -0.2) is 172 Å². The predicted molar refractivity (Wildman–Crippen MR) is 559 cm³/mol. The highest BCUT2D eigenvalue weighted by Gasteiger charge is 2.36. The SMILES string of the molecule is CC(C)C(NC(=O)OCc1ccccn1)C(=O)NC(Cc1ccccc1)C(O)CC(Cc1ccccc1)NC(=O)OCc1cccnc1.CC(C)C(NC(=O)OCc1ccccn1)C(=O)NC(Cc1ccccc1)CC(O)C(Cc1ccccc1)NC(=O)OCc1nccs1.CC(Cc1csc(C(C)C)n1)C(=O)NC(C(=O)NC(Cc1ccccc1)CC(O)C(Cc1ccccc1)NC(=O)OCc1cccnc1)C(C)C. The number of aromatic nitrogens is 6. The summed E-state index contributed by atoms with van der Waals surface area (Å²) in [5.41, 5.74) is 9.11. The van der Waals surface area contributed by atoms with Crippen LogP contribution < -0.4 is 47.9 Å². The zero-order valence-corrected chi connectivity index (χ0v) is 85.4. The summed E-state index contributed by atoms with van der Waals surface area (Å²) < 4.78 is 26.9. The van der Waals surface area contributed by atoms with Crippen LogP contribution in [0.4, 0.5) is 24.0 Å². The van der Waals surface area contributed by atoms with E-state index in [2.05, 4.69) is 91.6 Å². The molecule has 12 aromatic rings. The van der Waals surface area contributed by atoms with Crippen molar-refractivity contribution in [2.45, 2.75) is 238 Å². The quantitative estimate of drug-likeness (QED) is 0.0158. The van der Waals surface area contributed by atoms with Crippen molar-refractivity contribution in [3.05, 3.63) is 368 Å². The van der Waals surface area contributed by atoms with Crippen LogP contribution in [0.1, 0.15) is 159 Å². The fourth-order valence-corrected chi connectivity index (χ4v) is 17.2. The second-order valence-electron chi connectivity index (χ2n) is 37.0. The highest BCUT2D eigenvalue weighted by atomic mass is 32.1. The number of thiazole rings is 2. The number of benzene rings is 6. The third kappa shape index (κ3) is 41.6. The summed E-state index contributed by atoms with van der Waals surface area (Å²) in [6, 6.07) is 68.7. The lowest BCUT2D eigenvalue weighted by atomic mass is 9.93. The maximum Gasteiger partial charge on any atom is 0.408 e. The molecule has 0 aliphatic rings. The fourth-order valence-electron chi connectivity index (χ4n) is 15.8. The lowest BCUT2D eigenvalue weighted by Gasteiger charge is -2.30. The number of alkyl carbamates (subject to hydrolysis) is 5. The Balaban J connectivity index is 0.000000225. The number of hydrogen-bond donors (Lipinski definition) is 12. The van der Waals surface area contributed by atoms with E-state index in [0.29, 0.717) is 67.3 Å². The first-order valence-corrected chi connectivity index (χ1v) is 50.8. The van der Waals surface area contributed by atoms with E-state index >= 15 is 0 Å². The van der Waals surface area contributed by atoms with Gasteiger partial charge in [-0.1, -0.05) is 269 Å². The summed E-state index contributed by atoms with van der Waals surface area (Å²) in [5, 5.41) is 66.5. The average Bonchev–Trinajstić information content (AvgIpc) is 1.19. The second-order valence-corrected chi connectivity index (χ2v) is 38.9. The Kier molecular flexibility index (Phi) is 47.6. The van der Waals surface area contributed by atoms with E-state index in [9.17, 15) is 58.5 Å². The van der Waals surface area contributed by atoms with Crippen molar-refractivity contribution in [1.29, 1.82) is 0 Å². The van der Waals surface area contributed by atoms with Crippen LogP contribution in [0.25, 0.3) is 0 Å². The zero-order chi connectivity index (χ0) is 104. The van der Waals surface area contributed by atoms with E-state index in [1.807, 2.05) is 248 Å². The number of rotatable bonds is 50. The maximum atomic E-state index is 13.9. The summed E-state index contributed by atoms with van der Waals surface area (Å²) in [4.78, 5) is 144. The fraction of sp³-hybridized carbons (Fsp3) is 0.366. The molecule has 146 heavy (non-hydrogen) atoms.